The minimum absolute atomic E-state index is 0.0556. The molecule has 0 bridgehead atoms. The molecule has 0 N–H and O–H groups in total. The van der Waals surface area contributed by atoms with Gasteiger partial charge in [0.2, 0.25) is 0 Å². The second-order valence-corrected chi connectivity index (χ2v) is 7.70. The molecule has 2 rings (SSSR count). The average molecular weight is 344 g/mol. The summed E-state index contributed by atoms with van der Waals surface area (Å²) in [6.45, 7) is 3.80. The van der Waals surface area contributed by atoms with E-state index in [0.717, 1.165) is 15.6 Å². The predicted molar refractivity (Wildman–Crippen MR) is 81.7 cm³/mol. The maximum atomic E-state index is 12.5. The summed E-state index contributed by atoms with van der Waals surface area (Å²) < 4.78 is 32.2. The maximum Gasteiger partial charge on any atom is 0.349 e. The summed E-state index contributed by atoms with van der Waals surface area (Å²) >= 11 is 0.942. The summed E-state index contributed by atoms with van der Waals surface area (Å²) in [6, 6.07) is 0.0556. The molecule has 0 saturated carbocycles. The highest BCUT2D eigenvalue weighted by Gasteiger charge is 2.26. The van der Waals surface area contributed by atoms with Gasteiger partial charge in [-0.3, -0.25) is 4.68 Å². The largest absolute Gasteiger partial charge is 0.465 e. The molecule has 8 nitrogen and oxygen atoms in total. The number of nitrogens with zero attached hydrogens (tertiary/aromatic N) is 4. The van der Waals surface area contributed by atoms with Gasteiger partial charge in [0.15, 0.2) is 5.13 Å². The highest BCUT2D eigenvalue weighted by molar-refractivity contribution is 7.93. The molecule has 0 amide bonds. The molecule has 0 aliphatic rings. The summed E-state index contributed by atoms with van der Waals surface area (Å²) in [6.07, 6.45) is 4.04. The molecule has 0 fully saturated rings. The lowest BCUT2D eigenvalue weighted by molar-refractivity contribution is 0.0606. The lowest BCUT2D eigenvalue weighted by atomic mass is 10.4. The number of sulfonamides is 1. The fourth-order valence-corrected chi connectivity index (χ4v) is 3.70. The molecule has 0 unspecified atom stereocenters. The molecular weight excluding hydrogens is 328 g/mol. The monoisotopic (exact) mass is 344 g/mol. The van der Waals surface area contributed by atoms with Gasteiger partial charge < -0.3 is 4.74 Å². The zero-order chi connectivity index (χ0) is 16.5. The lowest BCUT2D eigenvalue weighted by Crippen LogP contribution is -2.26. The number of hydrogen-bond donors (Lipinski definition) is 0. The number of anilines is 1. The molecule has 0 atom stereocenters. The van der Waals surface area contributed by atoms with E-state index in [4.69, 9.17) is 0 Å². The smallest absolute Gasteiger partial charge is 0.349 e. The van der Waals surface area contributed by atoms with Crippen molar-refractivity contribution in [1.29, 1.82) is 0 Å². The molecule has 0 radical (unpaired) electrons. The number of rotatable bonds is 5. The number of ether oxygens (including phenoxy) is 1. The summed E-state index contributed by atoms with van der Waals surface area (Å²) in [4.78, 5) is 15.7. The van der Waals surface area contributed by atoms with E-state index in [1.165, 1.54) is 32.7 Å². The van der Waals surface area contributed by atoms with Crippen LogP contribution in [0.2, 0.25) is 0 Å². The highest BCUT2D eigenvalue weighted by Crippen LogP contribution is 2.27. The Labute approximate surface area is 132 Å². The molecule has 0 aliphatic heterocycles. The normalized spacial score (nSPS) is 11.7. The van der Waals surface area contributed by atoms with E-state index in [2.05, 4.69) is 14.8 Å². The van der Waals surface area contributed by atoms with Gasteiger partial charge in [0.05, 0.1) is 19.5 Å². The first-order valence-corrected chi connectivity index (χ1v) is 8.60. The molecule has 2 aromatic rings. The van der Waals surface area contributed by atoms with Gasteiger partial charge in [0, 0.05) is 19.3 Å². The Balaban J connectivity index is 2.32. The second kappa shape index (κ2) is 6.05. The van der Waals surface area contributed by atoms with Gasteiger partial charge >= 0.3 is 5.97 Å². The van der Waals surface area contributed by atoms with E-state index in [0.29, 0.717) is 0 Å². The summed E-state index contributed by atoms with van der Waals surface area (Å²) in [7, 11) is -1.15. The van der Waals surface area contributed by atoms with Crippen molar-refractivity contribution in [3.63, 3.8) is 0 Å². The quantitative estimate of drug-likeness (QED) is 0.764. The zero-order valence-electron chi connectivity index (χ0n) is 12.5. The molecule has 0 spiro atoms. The molecule has 10 heteroatoms. The maximum absolute atomic E-state index is 12.5. The number of thiazole rings is 1. The van der Waals surface area contributed by atoms with Crippen molar-refractivity contribution >= 4 is 32.5 Å². The van der Waals surface area contributed by atoms with Crippen LogP contribution in [-0.2, 0) is 14.8 Å². The molecule has 120 valence electrons. The number of hydrogen-bond acceptors (Lipinski definition) is 7. The van der Waals surface area contributed by atoms with Gasteiger partial charge in [0.25, 0.3) is 10.0 Å². The third kappa shape index (κ3) is 2.97. The van der Waals surface area contributed by atoms with E-state index in [1.807, 2.05) is 13.8 Å². The topological polar surface area (TPSA) is 94.4 Å². The number of methoxy groups -OCH3 is 1. The first-order chi connectivity index (χ1) is 10.3. The Morgan fingerprint density at radius 2 is 2.09 bits per heavy atom. The van der Waals surface area contributed by atoms with Gasteiger partial charge in [-0.15, -0.1) is 0 Å². The summed E-state index contributed by atoms with van der Waals surface area (Å²) in [5.74, 6) is -0.554. The fourth-order valence-electron chi connectivity index (χ4n) is 1.60. The van der Waals surface area contributed by atoms with Crippen molar-refractivity contribution in [1.82, 2.24) is 14.8 Å². The van der Waals surface area contributed by atoms with Gasteiger partial charge in [-0.25, -0.2) is 22.5 Å². The van der Waals surface area contributed by atoms with Crippen molar-refractivity contribution in [2.75, 3.05) is 18.5 Å². The van der Waals surface area contributed by atoms with E-state index in [1.54, 1.807) is 4.68 Å². The van der Waals surface area contributed by atoms with E-state index in [-0.39, 0.29) is 20.9 Å². The van der Waals surface area contributed by atoms with Crippen LogP contribution < -0.4 is 4.31 Å². The minimum Gasteiger partial charge on any atom is -0.465 e. The average Bonchev–Trinajstić information content (AvgIpc) is 3.14. The van der Waals surface area contributed by atoms with Crippen LogP contribution >= 0.6 is 11.3 Å². The van der Waals surface area contributed by atoms with Gasteiger partial charge in [-0.05, 0) is 13.8 Å². The Hall–Kier alpha value is -1.94. The van der Waals surface area contributed by atoms with Crippen molar-refractivity contribution in [3.05, 3.63) is 23.5 Å². The Kier molecular flexibility index (Phi) is 4.52. The minimum atomic E-state index is -3.78. The van der Waals surface area contributed by atoms with Gasteiger partial charge in [-0.2, -0.15) is 5.10 Å². The highest BCUT2D eigenvalue weighted by atomic mass is 32.2. The van der Waals surface area contributed by atoms with Crippen LogP contribution in [0, 0.1) is 0 Å². The molecule has 0 aromatic carbocycles. The van der Waals surface area contributed by atoms with Crippen molar-refractivity contribution in [2.24, 2.45) is 0 Å². The van der Waals surface area contributed by atoms with Crippen molar-refractivity contribution < 1.29 is 17.9 Å². The lowest BCUT2D eigenvalue weighted by Gasteiger charge is -2.14. The molecule has 0 aliphatic carbocycles. The zero-order valence-corrected chi connectivity index (χ0v) is 14.2. The van der Waals surface area contributed by atoms with Crippen LogP contribution in [0.15, 0.2) is 23.5 Å². The van der Waals surface area contributed by atoms with Crippen LogP contribution in [-0.4, -0.2) is 43.3 Å². The van der Waals surface area contributed by atoms with Crippen LogP contribution in [0.25, 0.3) is 0 Å². The summed E-state index contributed by atoms with van der Waals surface area (Å²) in [5.41, 5.74) is 0. The first kappa shape index (κ1) is 16.4. The first-order valence-electron chi connectivity index (χ1n) is 6.34. The van der Waals surface area contributed by atoms with E-state index >= 15 is 0 Å². The molecule has 2 heterocycles. The fraction of sp³-hybridized carbons (Fsp3) is 0.417. The SMILES string of the molecule is COC(=O)c1cnc(N(C)S(=O)(=O)c2cnn(C(C)C)c2)s1. The van der Waals surface area contributed by atoms with Crippen LogP contribution in [0.4, 0.5) is 5.13 Å². The number of esters is 1. The third-order valence-corrected chi connectivity index (χ3v) is 5.78. The van der Waals surface area contributed by atoms with Crippen LogP contribution in [0.1, 0.15) is 29.6 Å². The molecule has 22 heavy (non-hydrogen) atoms. The molecule has 0 saturated heterocycles. The number of carbonyl (C=O) groups is 1. The van der Waals surface area contributed by atoms with Gasteiger partial charge in [-0.1, -0.05) is 11.3 Å². The number of aromatic nitrogens is 3. The van der Waals surface area contributed by atoms with E-state index in [9.17, 15) is 13.2 Å². The predicted octanol–water partition coefficient (Wildman–Crippen LogP) is 1.53. The van der Waals surface area contributed by atoms with Gasteiger partial charge in [0.1, 0.15) is 9.77 Å². The third-order valence-electron chi connectivity index (χ3n) is 2.91. The van der Waals surface area contributed by atoms with Crippen LogP contribution in [0.3, 0.4) is 0 Å². The van der Waals surface area contributed by atoms with Crippen molar-refractivity contribution in [3.8, 4) is 0 Å². The second-order valence-electron chi connectivity index (χ2n) is 4.72. The summed E-state index contributed by atoms with van der Waals surface area (Å²) in [5, 5.41) is 4.20. The Morgan fingerprint density at radius 3 is 2.64 bits per heavy atom. The Morgan fingerprint density at radius 1 is 1.41 bits per heavy atom. The molecule has 2 aromatic heterocycles. The van der Waals surface area contributed by atoms with E-state index < -0.39 is 16.0 Å². The van der Waals surface area contributed by atoms with Crippen molar-refractivity contribution in [2.45, 2.75) is 24.8 Å². The Bertz CT molecular complexity index is 779. The van der Waals surface area contributed by atoms with Crippen LogP contribution in [0.5, 0.6) is 0 Å². The molecular formula is C12H16N4O4S2. The standard InChI is InChI=1S/C12H16N4O4S2/c1-8(2)16-7-9(5-14-16)22(18,19)15(3)12-13-6-10(21-12)11(17)20-4/h5-8H,1-4H3. The number of carbonyl (C=O) groups excluding carboxylic acids is 1.